The summed E-state index contributed by atoms with van der Waals surface area (Å²) in [5, 5.41) is 2.82. The number of anilines is 2. The molecule has 0 bridgehead atoms. The summed E-state index contributed by atoms with van der Waals surface area (Å²) in [6, 6.07) is 13.6. The summed E-state index contributed by atoms with van der Waals surface area (Å²) in [4.78, 5) is 28.6. The first-order valence-electron chi connectivity index (χ1n) is 10.1. The van der Waals surface area contributed by atoms with Crippen LogP contribution >= 0.6 is 0 Å². The number of carbonyl (C=O) groups excluding carboxylic acids is 2. The number of nitrogens with zero attached hydrogens (tertiary/aromatic N) is 2. The molecule has 0 aliphatic carbocycles. The van der Waals surface area contributed by atoms with E-state index in [0.717, 1.165) is 37.4 Å². The molecule has 1 saturated heterocycles. The molecule has 0 unspecified atom stereocenters. The molecular formula is C23H27N3O3. The number of rotatable bonds is 4. The molecule has 2 aliphatic rings. The number of aryl methyl sites for hydroxylation is 2. The molecule has 6 heteroatoms. The lowest BCUT2D eigenvalue weighted by molar-refractivity contribution is -0.123. The maximum absolute atomic E-state index is 12.9. The Bertz CT molecular complexity index is 919. The van der Waals surface area contributed by atoms with Gasteiger partial charge in [-0.1, -0.05) is 18.2 Å². The molecule has 0 saturated carbocycles. The molecule has 6 nitrogen and oxygen atoms in total. The summed E-state index contributed by atoms with van der Waals surface area (Å²) >= 11 is 0. The Kier molecular flexibility index (Phi) is 5.53. The Morgan fingerprint density at radius 3 is 2.62 bits per heavy atom. The highest BCUT2D eigenvalue weighted by Crippen LogP contribution is 2.29. The molecule has 152 valence electrons. The molecule has 2 amide bonds. The number of fused-ring (bicyclic) bond motifs is 1. The molecule has 1 fully saturated rings. The van der Waals surface area contributed by atoms with Gasteiger partial charge in [-0.3, -0.25) is 19.4 Å². The van der Waals surface area contributed by atoms with Crippen LogP contribution in [-0.4, -0.2) is 49.0 Å². The number of amides is 2. The van der Waals surface area contributed by atoms with Gasteiger partial charge in [0.05, 0.1) is 17.9 Å². The van der Waals surface area contributed by atoms with Crippen LogP contribution in [0.25, 0.3) is 0 Å². The van der Waals surface area contributed by atoms with E-state index in [1.165, 1.54) is 11.1 Å². The van der Waals surface area contributed by atoms with Gasteiger partial charge in [0.2, 0.25) is 11.8 Å². The molecule has 0 atom stereocenters. The van der Waals surface area contributed by atoms with E-state index in [4.69, 9.17) is 4.74 Å². The SMILES string of the molecule is Cc1ccc(OC2CCN(CC(=O)N3CC(=O)Nc4ccccc43)CC2)cc1C. The lowest BCUT2D eigenvalue weighted by atomic mass is 10.1. The minimum absolute atomic E-state index is 0.0409. The fourth-order valence-corrected chi connectivity index (χ4v) is 3.90. The summed E-state index contributed by atoms with van der Waals surface area (Å²) < 4.78 is 6.15. The summed E-state index contributed by atoms with van der Waals surface area (Å²) in [7, 11) is 0. The molecule has 1 N–H and O–H groups in total. The van der Waals surface area contributed by atoms with Crippen molar-refractivity contribution in [3.63, 3.8) is 0 Å². The van der Waals surface area contributed by atoms with Crippen molar-refractivity contribution in [3.8, 4) is 5.75 Å². The smallest absolute Gasteiger partial charge is 0.244 e. The summed E-state index contributed by atoms with van der Waals surface area (Å²) in [5.41, 5.74) is 3.96. The number of benzene rings is 2. The van der Waals surface area contributed by atoms with Gasteiger partial charge >= 0.3 is 0 Å². The first-order valence-corrected chi connectivity index (χ1v) is 10.1. The van der Waals surface area contributed by atoms with E-state index in [1.807, 2.05) is 30.3 Å². The summed E-state index contributed by atoms with van der Waals surface area (Å²) in [6.07, 6.45) is 1.94. The third-order valence-corrected chi connectivity index (χ3v) is 5.75. The van der Waals surface area contributed by atoms with Crippen molar-refractivity contribution in [1.82, 2.24) is 4.90 Å². The highest BCUT2D eigenvalue weighted by Gasteiger charge is 2.29. The first kappa shape index (κ1) is 19.5. The van der Waals surface area contributed by atoms with Crippen LogP contribution in [0.5, 0.6) is 5.75 Å². The van der Waals surface area contributed by atoms with Crippen LogP contribution in [0.4, 0.5) is 11.4 Å². The average molecular weight is 393 g/mol. The van der Waals surface area contributed by atoms with Gasteiger partial charge in [-0.15, -0.1) is 0 Å². The van der Waals surface area contributed by atoms with Crippen molar-refractivity contribution in [3.05, 3.63) is 53.6 Å². The van der Waals surface area contributed by atoms with Crippen LogP contribution in [0.15, 0.2) is 42.5 Å². The highest BCUT2D eigenvalue weighted by atomic mass is 16.5. The van der Waals surface area contributed by atoms with Gasteiger partial charge in [0.25, 0.3) is 0 Å². The average Bonchev–Trinajstić information content (AvgIpc) is 2.71. The van der Waals surface area contributed by atoms with Crippen molar-refractivity contribution in [2.75, 3.05) is 36.4 Å². The predicted octanol–water partition coefficient (Wildman–Crippen LogP) is 3.13. The second-order valence-electron chi connectivity index (χ2n) is 7.88. The monoisotopic (exact) mass is 393 g/mol. The molecule has 2 aliphatic heterocycles. The van der Waals surface area contributed by atoms with E-state index in [1.54, 1.807) is 4.90 Å². The molecule has 2 aromatic rings. The Hall–Kier alpha value is -2.86. The summed E-state index contributed by atoms with van der Waals surface area (Å²) in [5.74, 6) is 0.719. The first-order chi connectivity index (χ1) is 14.0. The van der Waals surface area contributed by atoms with E-state index in [0.29, 0.717) is 12.2 Å². The molecule has 0 radical (unpaired) electrons. The zero-order valence-electron chi connectivity index (χ0n) is 17.0. The van der Waals surface area contributed by atoms with Crippen molar-refractivity contribution in [1.29, 1.82) is 0 Å². The van der Waals surface area contributed by atoms with Crippen molar-refractivity contribution in [2.45, 2.75) is 32.8 Å². The van der Waals surface area contributed by atoms with Gasteiger partial charge in [-0.25, -0.2) is 0 Å². The quantitative estimate of drug-likeness (QED) is 0.867. The maximum atomic E-state index is 12.9. The number of hydrogen-bond acceptors (Lipinski definition) is 4. The van der Waals surface area contributed by atoms with Gasteiger partial charge in [0, 0.05) is 13.1 Å². The fraction of sp³-hybridized carbons (Fsp3) is 0.391. The van der Waals surface area contributed by atoms with Crippen LogP contribution in [0, 0.1) is 13.8 Å². The molecule has 0 spiro atoms. The Labute approximate surface area is 171 Å². The van der Waals surface area contributed by atoms with Crippen molar-refractivity contribution in [2.24, 2.45) is 0 Å². The second-order valence-corrected chi connectivity index (χ2v) is 7.88. The van der Waals surface area contributed by atoms with Crippen LogP contribution in [0.3, 0.4) is 0 Å². The number of carbonyl (C=O) groups is 2. The molecule has 29 heavy (non-hydrogen) atoms. The number of likely N-dealkylation sites (tertiary alicyclic amines) is 1. The number of nitrogens with one attached hydrogen (secondary N) is 1. The van der Waals surface area contributed by atoms with Crippen LogP contribution < -0.4 is 15.0 Å². The van der Waals surface area contributed by atoms with Gasteiger partial charge in [0.15, 0.2) is 0 Å². The molecule has 4 rings (SSSR count). The van der Waals surface area contributed by atoms with E-state index < -0.39 is 0 Å². The fourth-order valence-electron chi connectivity index (χ4n) is 3.90. The highest BCUT2D eigenvalue weighted by molar-refractivity contribution is 6.10. The standard InChI is InChI=1S/C23H27N3O3/c1-16-7-8-19(13-17(16)2)29-18-9-11-25(12-10-18)15-23(28)26-14-22(27)24-20-5-3-4-6-21(20)26/h3-8,13,18H,9-12,14-15H2,1-2H3,(H,24,27). The Balaban J connectivity index is 1.32. The lowest BCUT2D eigenvalue weighted by Crippen LogP contribution is -2.48. The third-order valence-electron chi connectivity index (χ3n) is 5.75. The number of ether oxygens (including phenoxy) is 1. The molecule has 2 aromatic carbocycles. The largest absolute Gasteiger partial charge is 0.490 e. The molecule has 2 heterocycles. The zero-order chi connectivity index (χ0) is 20.4. The zero-order valence-corrected chi connectivity index (χ0v) is 17.0. The Morgan fingerprint density at radius 1 is 1.10 bits per heavy atom. The normalized spacial score (nSPS) is 17.6. The topological polar surface area (TPSA) is 61.9 Å². The van der Waals surface area contributed by atoms with E-state index in [9.17, 15) is 9.59 Å². The third kappa shape index (κ3) is 4.43. The van der Waals surface area contributed by atoms with Gasteiger partial charge in [-0.2, -0.15) is 0 Å². The number of hydrogen-bond donors (Lipinski definition) is 1. The van der Waals surface area contributed by atoms with Crippen LogP contribution in [0.1, 0.15) is 24.0 Å². The van der Waals surface area contributed by atoms with Gasteiger partial charge in [-0.05, 0) is 62.1 Å². The summed E-state index contributed by atoms with van der Waals surface area (Å²) in [6.45, 7) is 6.19. The number of piperidine rings is 1. The van der Waals surface area contributed by atoms with E-state index in [-0.39, 0.29) is 24.5 Å². The molecule has 0 aromatic heterocycles. The van der Waals surface area contributed by atoms with E-state index >= 15 is 0 Å². The van der Waals surface area contributed by atoms with Crippen molar-refractivity contribution < 1.29 is 14.3 Å². The number of para-hydroxylation sites is 2. The maximum Gasteiger partial charge on any atom is 0.244 e. The van der Waals surface area contributed by atoms with Gasteiger partial charge < -0.3 is 10.1 Å². The minimum Gasteiger partial charge on any atom is -0.490 e. The lowest BCUT2D eigenvalue weighted by Gasteiger charge is -2.34. The van der Waals surface area contributed by atoms with Crippen LogP contribution in [-0.2, 0) is 9.59 Å². The Morgan fingerprint density at radius 2 is 1.86 bits per heavy atom. The minimum atomic E-state index is -0.155. The van der Waals surface area contributed by atoms with Crippen molar-refractivity contribution >= 4 is 23.2 Å². The van der Waals surface area contributed by atoms with Crippen LogP contribution in [0.2, 0.25) is 0 Å². The predicted molar refractivity (Wildman–Crippen MR) is 113 cm³/mol. The second kappa shape index (κ2) is 8.25. The molecular weight excluding hydrogens is 366 g/mol. The van der Waals surface area contributed by atoms with Gasteiger partial charge in [0.1, 0.15) is 18.4 Å². The van der Waals surface area contributed by atoms with E-state index in [2.05, 4.69) is 36.2 Å².